The van der Waals surface area contributed by atoms with Crippen LogP contribution in [0, 0.1) is 10.8 Å². The van der Waals surface area contributed by atoms with Crippen LogP contribution in [0.1, 0.15) is 46.0 Å². The standard InChI is InChI=1S/C15H24N4O2Se2/c1-14(5-6-14)12(22)18(3)16-10(20)9-11(21)17-19(4)13(23)15(2)7-8-15/h5-9H2,1-4H3,(H,16,20)(H,17,21). The van der Waals surface area contributed by atoms with Crippen LogP contribution in [-0.2, 0) is 9.59 Å². The molecule has 2 saturated carbocycles. The fraction of sp³-hybridized carbons (Fsp3) is 0.733. The van der Waals surface area contributed by atoms with E-state index < -0.39 is 0 Å². The molecule has 2 N–H and O–H groups in total. The van der Waals surface area contributed by atoms with Crippen molar-refractivity contribution in [3.8, 4) is 0 Å². The Morgan fingerprint density at radius 2 is 1.17 bits per heavy atom. The van der Waals surface area contributed by atoms with Crippen molar-refractivity contribution in [2.24, 2.45) is 10.8 Å². The third-order valence-corrected chi connectivity index (χ3v) is 7.76. The number of carbonyl (C=O) groups excluding carboxylic acids is 2. The van der Waals surface area contributed by atoms with Gasteiger partial charge in [0.25, 0.3) is 0 Å². The third-order valence-electron chi connectivity index (χ3n) is 4.55. The summed E-state index contributed by atoms with van der Waals surface area (Å²) in [6.45, 7) is 4.30. The second kappa shape index (κ2) is 6.67. The molecule has 2 aliphatic carbocycles. The van der Waals surface area contributed by atoms with Crippen molar-refractivity contribution in [1.29, 1.82) is 0 Å². The number of carbonyl (C=O) groups is 2. The van der Waals surface area contributed by atoms with E-state index in [4.69, 9.17) is 0 Å². The van der Waals surface area contributed by atoms with Crippen LogP contribution in [0.2, 0.25) is 0 Å². The number of amides is 2. The van der Waals surface area contributed by atoms with E-state index in [2.05, 4.69) is 55.9 Å². The van der Waals surface area contributed by atoms with Gasteiger partial charge in [-0.2, -0.15) is 0 Å². The Labute approximate surface area is 153 Å². The molecule has 23 heavy (non-hydrogen) atoms. The van der Waals surface area contributed by atoms with E-state index in [0.717, 1.165) is 34.8 Å². The second-order valence-electron chi connectivity index (χ2n) is 7.10. The van der Waals surface area contributed by atoms with Crippen molar-refractivity contribution in [1.82, 2.24) is 20.9 Å². The molecule has 0 aromatic carbocycles. The fourth-order valence-corrected chi connectivity index (χ4v) is 3.36. The van der Waals surface area contributed by atoms with Crippen molar-refractivity contribution in [3.63, 3.8) is 0 Å². The Hall–Kier alpha value is -0.681. The zero-order chi connectivity index (χ0) is 17.4. The molecule has 2 rings (SSSR count). The van der Waals surface area contributed by atoms with E-state index in [1.165, 1.54) is 0 Å². The molecule has 0 heterocycles. The van der Waals surface area contributed by atoms with Crippen LogP contribution >= 0.6 is 0 Å². The van der Waals surface area contributed by atoms with Gasteiger partial charge in [-0.15, -0.1) is 0 Å². The first kappa shape index (κ1) is 18.7. The summed E-state index contributed by atoms with van der Waals surface area (Å²) >= 11 is 6.04. The minimum absolute atomic E-state index is 0.145. The summed E-state index contributed by atoms with van der Waals surface area (Å²) < 4.78 is 2.01. The average molecular weight is 450 g/mol. The molecule has 0 saturated heterocycles. The van der Waals surface area contributed by atoms with Crippen LogP contribution in [0.15, 0.2) is 0 Å². The Kier molecular flexibility index (Phi) is 5.41. The Bertz CT molecular complexity index is 508. The van der Waals surface area contributed by atoms with Gasteiger partial charge in [0.2, 0.25) is 0 Å². The molecular weight excluding hydrogens is 426 g/mol. The zero-order valence-corrected chi connectivity index (χ0v) is 17.5. The topological polar surface area (TPSA) is 64.7 Å². The van der Waals surface area contributed by atoms with Crippen molar-refractivity contribution in [2.45, 2.75) is 46.0 Å². The molecule has 8 heteroatoms. The van der Waals surface area contributed by atoms with Crippen LogP contribution < -0.4 is 10.9 Å². The summed E-state index contributed by atoms with van der Waals surface area (Å²) in [5, 5.41) is 3.37. The van der Waals surface area contributed by atoms with Crippen molar-refractivity contribution < 1.29 is 9.59 Å². The molecule has 2 aliphatic rings. The summed E-state index contributed by atoms with van der Waals surface area (Å²) in [6.07, 6.45) is 4.26. The molecule has 0 aliphatic heterocycles. The maximum absolute atomic E-state index is 12.0. The van der Waals surface area contributed by atoms with E-state index >= 15 is 0 Å². The summed E-state index contributed by atoms with van der Waals surface area (Å²) in [6, 6.07) is 0. The number of hydrogen-bond donors (Lipinski definition) is 2. The average Bonchev–Trinajstić information content (AvgIpc) is 3.37. The number of hydrazine groups is 2. The Morgan fingerprint density at radius 1 is 0.870 bits per heavy atom. The molecule has 0 spiro atoms. The molecule has 0 aromatic heterocycles. The predicted molar refractivity (Wildman–Crippen MR) is 92.6 cm³/mol. The summed E-state index contributed by atoms with van der Waals surface area (Å²) in [5.41, 5.74) is 5.76. The van der Waals surface area contributed by atoms with Crippen LogP contribution in [-0.4, -0.2) is 76.2 Å². The summed E-state index contributed by atoms with van der Waals surface area (Å²) in [4.78, 5) is 24.0. The molecule has 6 nitrogen and oxygen atoms in total. The van der Waals surface area contributed by atoms with E-state index in [1.807, 2.05) is 0 Å². The maximum atomic E-state index is 12.0. The molecule has 2 fully saturated rings. The first-order valence-corrected chi connectivity index (χ1v) is 9.44. The van der Waals surface area contributed by atoms with Crippen molar-refractivity contribution in [3.05, 3.63) is 0 Å². The van der Waals surface area contributed by atoms with Gasteiger partial charge in [-0.1, -0.05) is 0 Å². The zero-order valence-electron chi connectivity index (χ0n) is 14.1. The molecule has 0 aromatic rings. The summed E-state index contributed by atoms with van der Waals surface area (Å²) in [7, 11) is 3.58. The molecule has 0 radical (unpaired) electrons. The molecule has 2 amide bonds. The number of nitrogens with zero attached hydrogens (tertiary/aromatic N) is 2. The van der Waals surface area contributed by atoms with Gasteiger partial charge in [-0.3, -0.25) is 0 Å². The van der Waals surface area contributed by atoms with Gasteiger partial charge in [-0.05, 0) is 0 Å². The normalized spacial score (nSPS) is 19.3. The molecular formula is C15H24N4O2Se2. The molecule has 0 unspecified atom stereocenters. The van der Waals surface area contributed by atoms with Crippen LogP contribution in [0.5, 0.6) is 0 Å². The first-order valence-electron chi connectivity index (χ1n) is 7.73. The van der Waals surface area contributed by atoms with Gasteiger partial charge in [0.15, 0.2) is 0 Å². The van der Waals surface area contributed by atoms with E-state index in [0.29, 0.717) is 0 Å². The van der Waals surface area contributed by atoms with Gasteiger partial charge >= 0.3 is 153 Å². The Morgan fingerprint density at radius 3 is 1.43 bits per heavy atom. The first-order chi connectivity index (χ1) is 10.6. The Balaban J connectivity index is 1.75. The number of hydrogen-bond acceptors (Lipinski definition) is 4. The second-order valence-corrected chi connectivity index (χ2v) is 8.72. The van der Waals surface area contributed by atoms with E-state index in [-0.39, 0.29) is 29.1 Å². The third kappa shape index (κ3) is 4.66. The minimum atomic E-state index is -0.324. The SMILES string of the molecule is CN(NC(=O)CC(=O)NN(C)C(=[Se])C1(C)CC1)C(=[Se])C1(C)CC1. The van der Waals surface area contributed by atoms with E-state index in [9.17, 15) is 9.59 Å². The molecule has 128 valence electrons. The van der Waals surface area contributed by atoms with Gasteiger partial charge < -0.3 is 0 Å². The molecule has 0 atom stereocenters. The van der Waals surface area contributed by atoms with Crippen LogP contribution in [0.25, 0.3) is 0 Å². The van der Waals surface area contributed by atoms with Crippen molar-refractivity contribution >= 4 is 52.0 Å². The van der Waals surface area contributed by atoms with Gasteiger partial charge in [0, 0.05) is 0 Å². The van der Waals surface area contributed by atoms with E-state index in [1.54, 1.807) is 24.1 Å². The molecule has 0 bridgehead atoms. The van der Waals surface area contributed by atoms with Gasteiger partial charge in [0.1, 0.15) is 0 Å². The predicted octanol–water partition coefficient (Wildman–Crippen LogP) is -0.500. The van der Waals surface area contributed by atoms with Crippen LogP contribution in [0.3, 0.4) is 0 Å². The monoisotopic (exact) mass is 452 g/mol. The van der Waals surface area contributed by atoms with Crippen LogP contribution in [0.4, 0.5) is 0 Å². The van der Waals surface area contributed by atoms with Crippen molar-refractivity contribution in [2.75, 3.05) is 14.1 Å². The quantitative estimate of drug-likeness (QED) is 0.298. The summed E-state index contributed by atoms with van der Waals surface area (Å²) in [5.74, 6) is -0.649. The number of rotatable bonds is 8. The number of nitrogens with one attached hydrogen (secondary N) is 2. The van der Waals surface area contributed by atoms with Gasteiger partial charge in [-0.25, -0.2) is 0 Å². The fourth-order valence-electron chi connectivity index (χ4n) is 2.31. The van der Waals surface area contributed by atoms with Gasteiger partial charge in [0.05, 0.1) is 0 Å².